The van der Waals surface area contributed by atoms with Crippen LogP contribution in [-0.4, -0.2) is 35.6 Å². The van der Waals surface area contributed by atoms with E-state index in [1.165, 1.54) is 15.5 Å². The molecule has 3 rings (SSSR count). The minimum atomic E-state index is -0.205. The maximum atomic E-state index is 12.5. The Bertz CT molecular complexity index is 1070. The number of methoxy groups -OCH3 is 2. The van der Waals surface area contributed by atoms with Crippen molar-refractivity contribution in [2.45, 2.75) is 26.8 Å². The van der Waals surface area contributed by atoms with Crippen LogP contribution in [0.2, 0.25) is 0 Å². The molecule has 3 aromatic rings. The van der Waals surface area contributed by atoms with E-state index in [1.54, 1.807) is 14.2 Å². The number of carbonyl (C=O) groups is 1. The molecule has 148 valence electrons. The van der Waals surface area contributed by atoms with Gasteiger partial charge < -0.3 is 14.8 Å². The number of pyridine rings is 1. The van der Waals surface area contributed by atoms with Crippen molar-refractivity contribution in [2.75, 3.05) is 20.8 Å². The van der Waals surface area contributed by atoms with E-state index in [4.69, 9.17) is 9.47 Å². The number of ether oxygens (including phenoxy) is 2. The molecule has 1 aromatic carbocycles. The fourth-order valence-corrected chi connectivity index (χ4v) is 4.16. The highest BCUT2D eigenvalue weighted by molar-refractivity contribution is 7.13. The molecule has 2 heterocycles. The van der Waals surface area contributed by atoms with Gasteiger partial charge >= 0.3 is 0 Å². The lowest BCUT2D eigenvalue weighted by molar-refractivity contribution is -0.121. The average Bonchev–Trinajstić information content (AvgIpc) is 2.96. The van der Waals surface area contributed by atoms with Crippen LogP contribution < -0.4 is 20.3 Å². The van der Waals surface area contributed by atoms with Crippen molar-refractivity contribution in [3.63, 3.8) is 0 Å². The Morgan fingerprint density at radius 2 is 1.93 bits per heavy atom. The van der Waals surface area contributed by atoms with E-state index >= 15 is 0 Å². The van der Waals surface area contributed by atoms with E-state index in [-0.39, 0.29) is 18.0 Å². The molecule has 0 atom stereocenters. The summed E-state index contributed by atoms with van der Waals surface area (Å²) in [5.74, 6) is 1.11. The lowest BCUT2D eigenvalue weighted by Gasteiger charge is -2.10. The molecule has 0 fully saturated rings. The number of carbonyl (C=O) groups excluding carboxylic acids is 1. The standard InChI is InChI=1S/C20H23N3O4S/c1-12-9-13(2)22-19-18(12)20(25)23(28-19)11-17(24)21-8-7-14-5-6-15(26-3)16(10-14)27-4/h5-6,9-10H,7-8,11H2,1-4H3,(H,21,24). The van der Waals surface area contributed by atoms with Crippen molar-refractivity contribution < 1.29 is 14.3 Å². The summed E-state index contributed by atoms with van der Waals surface area (Å²) in [5.41, 5.74) is 2.60. The van der Waals surface area contributed by atoms with E-state index in [0.717, 1.165) is 16.8 Å². The number of fused-ring (bicyclic) bond motifs is 1. The summed E-state index contributed by atoms with van der Waals surface area (Å²) in [4.78, 5) is 29.9. The van der Waals surface area contributed by atoms with Crippen molar-refractivity contribution in [2.24, 2.45) is 0 Å². The number of rotatable bonds is 7. The Morgan fingerprint density at radius 1 is 1.18 bits per heavy atom. The summed E-state index contributed by atoms with van der Waals surface area (Å²) >= 11 is 1.22. The van der Waals surface area contributed by atoms with Crippen molar-refractivity contribution in [1.82, 2.24) is 14.3 Å². The monoisotopic (exact) mass is 401 g/mol. The first-order valence-corrected chi connectivity index (χ1v) is 9.66. The Kier molecular flexibility index (Phi) is 5.99. The zero-order valence-electron chi connectivity index (χ0n) is 16.4. The number of hydrogen-bond donors (Lipinski definition) is 1. The highest BCUT2D eigenvalue weighted by Gasteiger charge is 2.14. The molecule has 0 saturated heterocycles. The van der Waals surface area contributed by atoms with Crippen molar-refractivity contribution >= 4 is 27.7 Å². The molecule has 1 N–H and O–H groups in total. The molecular weight excluding hydrogens is 378 g/mol. The topological polar surface area (TPSA) is 82.5 Å². The molecule has 0 spiro atoms. The van der Waals surface area contributed by atoms with E-state index in [2.05, 4.69) is 10.3 Å². The maximum absolute atomic E-state index is 12.5. The molecular formula is C20H23N3O4S. The van der Waals surface area contributed by atoms with Gasteiger partial charge in [-0.25, -0.2) is 4.98 Å². The van der Waals surface area contributed by atoms with Crippen LogP contribution in [0.25, 0.3) is 10.2 Å². The van der Waals surface area contributed by atoms with E-state index in [9.17, 15) is 9.59 Å². The number of benzene rings is 1. The van der Waals surface area contributed by atoms with Crippen LogP contribution >= 0.6 is 11.5 Å². The van der Waals surface area contributed by atoms with Gasteiger partial charge in [-0.15, -0.1) is 0 Å². The molecule has 2 aromatic heterocycles. The number of nitrogens with zero attached hydrogens (tertiary/aromatic N) is 2. The van der Waals surface area contributed by atoms with E-state index in [1.807, 2.05) is 38.1 Å². The van der Waals surface area contributed by atoms with Crippen molar-refractivity contribution in [3.8, 4) is 11.5 Å². The van der Waals surface area contributed by atoms with Crippen LogP contribution in [0.15, 0.2) is 29.1 Å². The van der Waals surface area contributed by atoms with Gasteiger partial charge in [0.15, 0.2) is 11.5 Å². The highest BCUT2D eigenvalue weighted by Crippen LogP contribution is 2.27. The van der Waals surface area contributed by atoms with Crippen molar-refractivity contribution in [1.29, 1.82) is 0 Å². The lowest BCUT2D eigenvalue weighted by Crippen LogP contribution is -2.31. The van der Waals surface area contributed by atoms with Gasteiger partial charge in [0.2, 0.25) is 5.91 Å². The number of aryl methyl sites for hydroxylation is 2. The van der Waals surface area contributed by atoms with Gasteiger partial charge in [-0.1, -0.05) is 6.07 Å². The Labute approximate surface area is 167 Å². The molecule has 28 heavy (non-hydrogen) atoms. The summed E-state index contributed by atoms with van der Waals surface area (Å²) in [5, 5.41) is 3.45. The molecule has 0 aliphatic rings. The second-order valence-electron chi connectivity index (χ2n) is 6.48. The smallest absolute Gasteiger partial charge is 0.270 e. The fourth-order valence-electron chi connectivity index (χ4n) is 3.07. The fraction of sp³-hybridized carbons (Fsp3) is 0.350. The first-order chi connectivity index (χ1) is 13.4. The minimum Gasteiger partial charge on any atom is -0.493 e. The zero-order valence-corrected chi connectivity index (χ0v) is 17.2. The normalized spacial score (nSPS) is 10.9. The Hall–Kier alpha value is -2.87. The second-order valence-corrected chi connectivity index (χ2v) is 7.49. The predicted molar refractivity (Wildman–Crippen MR) is 110 cm³/mol. The predicted octanol–water partition coefficient (Wildman–Crippen LogP) is 2.45. The zero-order chi connectivity index (χ0) is 20.3. The van der Waals surface area contributed by atoms with Gasteiger partial charge in [0, 0.05) is 12.2 Å². The van der Waals surface area contributed by atoms with Crippen LogP contribution in [0.3, 0.4) is 0 Å². The molecule has 0 bridgehead atoms. The summed E-state index contributed by atoms with van der Waals surface area (Å²) in [6, 6.07) is 7.53. The first-order valence-electron chi connectivity index (χ1n) is 8.88. The SMILES string of the molecule is COc1ccc(CCNC(=O)Cn2sc3nc(C)cc(C)c3c2=O)cc1OC. The summed E-state index contributed by atoms with van der Waals surface area (Å²) < 4.78 is 12.0. The van der Waals surface area contributed by atoms with Crippen LogP contribution in [0.4, 0.5) is 0 Å². The largest absolute Gasteiger partial charge is 0.493 e. The van der Waals surface area contributed by atoms with Gasteiger partial charge in [0.1, 0.15) is 11.4 Å². The molecule has 0 aliphatic heterocycles. The average molecular weight is 401 g/mol. The minimum absolute atomic E-state index is 0.00964. The number of amides is 1. The summed E-state index contributed by atoms with van der Waals surface area (Å²) in [7, 11) is 3.18. The maximum Gasteiger partial charge on any atom is 0.270 e. The van der Waals surface area contributed by atoms with Gasteiger partial charge in [-0.05, 0) is 61.1 Å². The second kappa shape index (κ2) is 8.43. The lowest BCUT2D eigenvalue weighted by atomic mass is 10.1. The van der Waals surface area contributed by atoms with E-state index in [0.29, 0.717) is 34.7 Å². The van der Waals surface area contributed by atoms with Crippen molar-refractivity contribution in [3.05, 3.63) is 51.4 Å². The van der Waals surface area contributed by atoms with Gasteiger partial charge in [0.05, 0.1) is 19.6 Å². The molecule has 0 unspecified atom stereocenters. The van der Waals surface area contributed by atoms with E-state index < -0.39 is 0 Å². The van der Waals surface area contributed by atoms with Crippen LogP contribution in [0, 0.1) is 13.8 Å². The van der Waals surface area contributed by atoms with Gasteiger partial charge in [-0.2, -0.15) is 0 Å². The van der Waals surface area contributed by atoms with Crippen LogP contribution in [0.5, 0.6) is 11.5 Å². The van der Waals surface area contributed by atoms with Gasteiger partial charge in [0.25, 0.3) is 5.56 Å². The molecule has 0 aliphatic carbocycles. The molecule has 1 amide bonds. The highest BCUT2D eigenvalue weighted by atomic mass is 32.1. The quantitative estimate of drug-likeness (QED) is 0.658. The molecule has 0 radical (unpaired) electrons. The number of aromatic nitrogens is 2. The van der Waals surface area contributed by atoms with Crippen LogP contribution in [0.1, 0.15) is 16.8 Å². The summed E-state index contributed by atoms with van der Waals surface area (Å²) in [6.07, 6.45) is 0.646. The van der Waals surface area contributed by atoms with Crippen LogP contribution in [-0.2, 0) is 17.8 Å². The molecule has 0 saturated carbocycles. The number of hydrogen-bond acceptors (Lipinski definition) is 6. The first kappa shape index (κ1) is 19.9. The molecule has 8 heteroatoms. The third kappa shape index (κ3) is 4.17. The third-order valence-corrected chi connectivity index (χ3v) is 5.40. The number of nitrogens with one attached hydrogen (secondary N) is 1. The van der Waals surface area contributed by atoms with Gasteiger partial charge in [-0.3, -0.25) is 13.5 Å². The molecule has 7 nitrogen and oxygen atoms in total. The Morgan fingerprint density at radius 3 is 2.64 bits per heavy atom. The third-order valence-electron chi connectivity index (χ3n) is 4.42. The summed E-state index contributed by atoms with van der Waals surface area (Å²) in [6.45, 7) is 4.23. The Balaban J connectivity index is 1.62.